The summed E-state index contributed by atoms with van der Waals surface area (Å²) in [6.07, 6.45) is 2.43. The number of halogens is 1. The molecular formula is C21H32IN5O3. The molecule has 2 aliphatic rings. The summed E-state index contributed by atoms with van der Waals surface area (Å²) >= 11 is 0. The standard InChI is InChI=1S/C21H31N5O3.HI/c1-16(27)24-18-7-5-17(6-8-18)9-10-23-21(22-2)26-13-11-25(12-14-26)20(28)19-4-3-15-29-19;/h5-8,19H,3-4,9-15H2,1-2H3,(H,22,23)(H,24,27);1H. The molecule has 1 aromatic carbocycles. The number of hydrogen-bond acceptors (Lipinski definition) is 4. The molecule has 1 unspecified atom stereocenters. The second-order valence-electron chi connectivity index (χ2n) is 7.42. The summed E-state index contributed by atoms with van der Waals surface area (Å²) in [6.45, 7) is 5.90. The molecule has 2 aliphatic heterocycles. The van der Waals surface area contributed by atoms with Gasteiger partial charge in [-0.15, -0.1) is 24.0 Å². The highest BCUT2D eigenvalue weighted by molar-refractivity contribution is 14.0. The van der Waals surface area contributed by atoms with Crippen molar-refractivity contribution in [3.8, 4) is 0 Å². The Balaban J connectivity index is 0.00000320. The zero-order chi connectivity index (χ0) is 20.6. The van der Waals surface area contributed by atoms with Crippen molar-refractivity contribution in [2.24, 2.45) is 4.99 Å². The van der Waals surface area contributed by atoms with Gasteiger partial charge in [0.05, 0.1) is 0 Å². The van der Waals surface area contributed by atoms with Crippen LogP contribution >= 0.6 is 24.0 Å². The Hall–Kier alpha value is -1.88. The third-order valence-corrected chi connectivity index (χ3v) is 5.28. The molecule has 2 fully saturated rings. The number of benzene rings is 1. The molecule has 0 bridgehead atoms. The fraction of sp³-hybridized carbons (Fsp3) is 0.571. The molecule has 8 nitrogen and oxygen atoms in total. The summed E-state index contributed by atoms with van der Waals surface area (Å²) in [5.41, 5.74) is 1.99. The van der Waals surface area contributed by atoms with E-state index >= 15 is 0 Å². The fourth-order valence-electron chi connectivity index (χ4n) is 3.72. The van der Waals surface area contributed by atoms with E-state index in [0.717, 1.165) is 50.5 Å². The predicted molar refractivity (Wildman–Crippen MR) is 128 cm³/mol. The number of amides is 2. The third kappa shape index (κ3) is 6.83. The molecule has 166 valence electrons. The van der Waals surface area contributed by atoms with Crippen LogP contribution in [0, 0.1) is 0 Å². The van der Waals surface area contributed by atoms with Crippen molar-refractivity contribution in [3.05, 3.63) is 29.8 Å². The van der Waals surface area contributed by atoms with Gasteiger partial charge in [0.25, 0.3) is 5.91 Å². The first kappa shape index (κ1) is 24.4. The monoisotopic (exact) mass is 529 g/mol. The van der Waals surface area contributed by atoms with Crippen LogP contribution in [-0.2, 0) is 20.7 Å². The predicted octanol–water partition coefficient (Wildman–Crippen LogP) is 1.70. The first-order valence-electron chi connectivity index (χ1n) is 10.3. The van der Waals surface area contributed by atoms with E-state index in [-0.39, 0.29) is 41.9 Å². The number of carbonyl (C=O) groups is 2. The zero-order valence-electron chi connectivity index (χ0n) is 17.7. The van der Waals surface area contributed by atoms with E-state index < -0.39 is 0 Å². The molecular weight excluding hydrogens is 497 g/mol. The summed E-state index contributed by atoms with van der Waals surface area (Å²) in [5.74, 6) is 0.928. The molecule has 3 rings (SSSR count). The van der Waals surface area contributed by atoms with E-state index in [1.165, 1.54) is 12.5 Å². The van der Waals surface area contributed by atoms with Gasteiger partial charge in [-0.05, 0) is 37.0 Å². The van der Waals surface area contributed by atoms with E-state index in [2.05, 4.69) is 20.5 Å². The van der Waals surface area contributed by atoms with Crippen LogP contribution in [-0.4, -0.2) is 80.1 Å². The normalized spacial score (nSPS) is 19.3. The van der Waals surface area contributed by atoms with Crippen molar-refractivity contribution in [2.45, 2.75) is 32.3 Å². The number of aliphatic imine (C=N–C) groups is 1. The smallest absolute Gasteiger partial charge is 0.251 e. The Bertz CT molecular complexity index is 727. The molecule has 2 saturated heterocycles. The van der Waals surface area contributed by atoms with Crippen molar-refractivity contribution in [1.29, 1.82) is 0 Å². The molecule has 1 atom stereocenters. The van der Waals surface area contributed by atoms with Gasteiger partial charge >= 0.3 is 0 Å². The molecule has 0 aromatic heterocycles. The first-order valence-corrected chi connectivity index (χ1v) is 10.3. The van der Waals surface area contributed by atoms with Gasteiger partial charge < -0.3 is 25.2 Å². The number of rotatable bonds is 5. The Morgan fingerprint density at radius 1 is 1.13 bits per heavy atom. The van der Waals surface area contributed by atoms with Crippen LogP contribution in [0.25, 0.3) is 0 Å². The third-order valence-electron chi connectivity index (χ3n) is 5.28. The molecule has 0 aliphatic carbocycles. The fourth-order valence-corrected chi connectivity index (χ4v) is 3.72. The highest BCUT2D eigenvalue weighted by Gasteiger charge is 2.30. The van der Waals surface area contributed by atoms with Gasteiger partial charge in [-0.25, -0.2) is 0 Å². The second-order valence-corrected chi connectivity index (χ2v) is 7.42. The highest BCUT2D eigenvalue weighted by atomic mass is 127. The Morgan fingerprint density at radius 2 is 1.80 bits per heavy atom. The van der Waals surface area contributed by atoms with Gasteiger partial charge in [-0.1, -0.05) is 12.1 Å². The summed E-state index contributed by atoms with van der Waals surface area (Å²) in [5, 5.41) is 6.18. The van der Waals surface area contributed by atoms with Crippen LogP contribution in [0.5, 0.6) is 0 Å². The minimum absolute atomic E-state index is 0. The number of nitrogens with zero attached hydrogens (tertiary/aromatic N) is 3. The molecule has 2 heterocycles. The Kier molecular flexibility index (Phi) is 9.83. The molecule has 9 heteroatoms. The molecule has 30 heavy (non-hydrogen) atoms. The quantitative estimate of drug-likeness (QED) is 0.345. The maximum Gasteiger partial charge on any atom is 0.251 e. The number of piperazine rings is 1. The topological polar surface area (TPSA) is 86.3 Å². The van der Waals surface area contributed by atoms with Crippen LogP contribution in [0.15, 0.2) is 29.3 Å². The zero-order valence-corrected chi connectivity index (χ0v) is 20.1. The Labute approximate surface area is 195 Å². The van der Waals surface area contributed by atoms with E-state index in [9.17, 15) is 9.59 Å². The number of guanidine groups is 1. The van der Waals surface area contributed by atoms with Crippen molar-refractivity contribution in [1.82, 2.24) is 15.1 Å². The highest BCUT2D eigenvalue weighted by Crippen LogP contribution is 2.16. The molecule has 0 spiro atoms. The molecule has 2 N–H and O–H groups in total. The van der Waals surface area contributed by atoms with Crippen LogP contribution in [0.1, 0.15) is 25.3 Å². The van der Waals surface area contributed by atoms with Gasteiger partial charge in [-0.2, -0.15) is 0 Å². The van der Waals surface area contributed by atoms with Gasteiger partial charge in [0.2, 0.25) is 5.91 Å². The van der Waals surface area contributed by atoms with Gasteiger partial charge in [0, 0.05) is 59.0 Å². The number of hydrogen-bond donors (Lipinski definition) is 2. The molecule has 0 radical (unpaired) electrons. The average Bonchev–Trinajstić information content (AvgIpc) is 3.27. The van der Waals surface area contributed by atoms with Crippen LogP contribution < -0.4 is 10.6 Å². The second kappa shape index (κ2) is 12.1. The van der Waals surface area contributed by atoms with E-state index in [0.29, 0.717) is 19.7 Å². The largest absolute Gasteiger partial charge is 0.368 e. The minimum atomic E-state index is -0.240. The van der Waals surface area contributed by atoms with Crippen molar-refractivity contribution < 1.29 is 14.3 Å². The lowest BCUT2D eigenvalue weighted by molar-refractivity contribution is -0.142. The molecule has 1 aromatic rings. The van der Waals surface area contributed by atoms with Gasteiger partial charge in [0.15, 0.2) is 5.96 Å². The molecule has 2 amide bonds. The molecule has 0 saturated carbocycles. The van der Waals surface area contributed by atoms with Gasteiger partial charge in [-0.3, -0.25) is 14.6 Å². The summed E-state index contributed by atoms with van der Waals surface area (Å²) in [7, 11) is 1.79. The van der Waals surface area contributed by atoms with Crippen molar-refractivity contribution >= 4 is 47.4 Å². The van der Waals surface area contributed by atoms with E-state index in [4.69, 9.17) is 4.74 Å². The van der Waals surface area contributed by atoms with Crippen molar-refractivity contribution in [2.75, 3.05) is 51.7 Å². The first-order chi connectivity index (χ1) is 14.1. The average molecular weight is 529 g/mol. The maximum atomic E-state index is 12.5. The SMILES string of the molecule is CN=C(NCCc1ccc(NC(C)=O)cc1)N1CCN(C(=O)C2CCCO2)CC1.I. The summed E-state index contributed by atoms with van der Waals surface area (Å²) in [6, 6.07) is 7.86. The van der Waals surface area contributed by atoms with Crippen molar-refractivity contribution in [3.63, 3.8) is 0 Å². The number of carbonyl (C=O) groups excluding carboxylic acids is 2. The lowest BCUT2D eigenvalue weighted by Crippen LogP contribution is -2.55. The Morgan fingerprint density at radius 3 is 2.37 bits per heavy atom. The lowest BCUT2D eigenvalue weighted by Gasteiger charge is -2.37. The summed E-state index contributed by atoms with van der Waals surface area (Å²) < 4.78 is 5.52. The van der Waals surface area contributed by atoms with Crippen LogP contribution in [0.2, 0.25) is 0 Å². The minimum Gasteiger partial charge on any atom is -0.368 e. The maximum absolute atomic E-state index is 12.5. The van der Waals surface area contributed by atoms with E-state index in [1.54, 1.807) is 7.05 Å². The summed E-state index contributed by atoms with van der Waals surface area (Å²) in [4.78, 5) is 32.1. The number of ether oxygens (including phenoxy) is 1. The van der Waals surface area contributed by atoms with Gasteiger partial charge in [0.1, 0.15) is 6.10 Å². The van der Waals surface area contributed by atoms with Crippen LogP contribution in [0.4, 0.5) is 5.69 Å². The van der Waals surface area contributed by atoms with Crippen LogP contribution in [0.3, 0.4) is 0 Å². The number of nitrogens with one attached hydrogen (secondary N) is 2. The lowest BCUT2D eigenvalue weighted by atomic mass is 10.1. The number of anilines is 1. The van der Waals surface area contributed by atoms with E-state index in [1.807, 2.05) is 29.2 Å².